The number of ether oxygens (including phenoxy) is 1. The van der Waals surface area contributed by atoms with Gasteiger partial charge in [-0.15, -0.1) is 0 Å². The molecule has 6 heteroatoms. The first-order valence-electron chi connectivity index (χ1n) is 4.53. The number of methoxy groups -OCH3 is 1. The number of nitrogens with one attached hydrogen (secondary N) is 2. The molecule has 4 N–H and O–H groups in total. The van der Waals surface area contributed by atoms with Gasteiger partial charge in [0.15, 0.2) is 0 Å². The average molecular weight is 223 g/mol. The third-order valence-corrected chi connectivity index (χ3v) is 2.24. The van der Waals surface area contributed by atoms with Crippen molar-refractivity contribution in [2.75, 3.05) is 12.8 Å². The number of hydrogen-bond donors (Lipinski definition) is 3. The van der Waals surface area contributed by atoms with Gasteiger partial charge in [-0.05, 0) is 18.2 Å². The van der Waals surface area contributed by atoms with E-state index in [1.54, 1.807) is 0 Å². The zero-order valence-electron chi connectivity index (χ0n) is 8.50. The largest absolute Gasteiger partial charge is 0.496 e. The second-order valence-electron chi connectivity index (χ2n) is 3.21. The van der Waals surface area contributed by atoms with Crippen LogP contribution in [0.15, 0.2) is 23.0 Å². The minimum atomic E-state index is -0.462. The normalized spacial score (nSPS) is 10.4. The Bertz CT molecular complexity index is 574. The monoisotopic (exact) mass is 223 g/mol. The molecule has 0 spiro atoms. The van der Waals surface area contributed by atoms with Gasteiger partial charge in [0.2, 0.25) is 0 Å². The molecular weight excluding hydrogens is 213 g/mol. The molecule has 5 nitrogen and oxygen atoms in total. The number of hydrogen-bond acceptors (Lipinski definition) is 3. The predicted molar refractivity (Wildman–Crippen MR) is 57.8 cm³/mol. The first-order chi connectivity index (χ1) is 7.63. The summed E-state index contributed by atoms with van der Waals surface area (Å²) in [6, 6.07) is 3.89. The molecule has 2 rings (SSSR count). The van der Waals surface area contributed by atoms with E-state index < -0.39 is 11.4 Å². The van der Waals surface area contributed by atoms with Crippen LogP contribution in [0, 0.1) is 5.82 Å². The quantitative estimate of drug-likeness (QED) is 0.712. The first-order valence-corrected chi connectivity index (χ1v) is 4.53. The maximum absolute atomic E-state index is 13.1. The predicted octanol–water partition coefficient (Wildman–Crippen LogP) is 1.10. The van der Waals surface area contributed by atoms with Crippen molar-refractivity contribution in [1.82, 2.24) is 10.2 Å². The van der Waals surface area contributed by atoms with Gasteiger partial charge < -0.3 is 10.5 Å². The average Bonchev–Trinajstić information content (AvgIpc) is 2.58. The summed E-state index contributed by atoms with van der Waals surface area (Å²) in [6.07, 6.45) is 0. The van der Waals surface area contributed by atoms with E-state index in [2.05, 4.69) is 10.2 Å². The molecule has 0 saturated carbocycles. The van der Waals surface area contributed by atoms with Crippen LogP contribution in [0.4, 0.5) is 10.2 Å². The Labute approximate surface area is 90.0 Å². The van der Waals surface area contributed by atoms with Gasteiger partial charge in [-0.1, -0.05) is 0 Å². The van der Waals surface area contributed by atoms with Crippen molar-refractivity contribution >= 4 is 5.82 Å². The van der Waals surface area contributed by atoms with Gasteiger partial charge in [-0.3, -0.25) is 15.0 Å². The zero-order chi connectivity index (χ0) is 11.7. The number of benzene rings is 1. The van der Waals surface area contributed by atoms with Crippen LogP contribution in [0.5, 0.6) is 5.75 Å². The molecular formula is C10H10FN3O2. The van der Waals surface area contributed by atoms with Gasteiger partial charge in [0.25, 0.3) is 5.56 Å². The number of H-pyrrole nitrogens is 2. The third kappa shape index (κ3) is 1.54. The lowest BCUT2D eigenvalue weighted by atomic mass is 10.1. The summed E-state index contributed by atoms with van der Waals surface area (Å²) in [5.41, 5.74) is 5.67. The molecule has 84 valence electrons. The van der Waals surface area contributed by atoms with E-state index in [1.165, 1.54) is 25.3 Å². The molecule has 1 aromatic heterocycles. The Hall–Kier alpha value is -2.24. The zero-order valence-corrected chi connectivity index (χ0v) is 8.50. The summed E-state index contributed by atoms with van der Waals surface area (Å²) < 4.78 is 18.2. The highest BCUT2D eigenvalue weighted by molar-refractivity contribution is 5.77. The summed E-state index contributed by atoms with van der Waals surface area (Å²) in [5.74, 6) is 0.0721. The lowest BCUT2D eigenvalue weighted by Gasteiger charge is -2.06. The van der Waals surface area contributed by atoms with Crippen molar-refractivity contribution < 1.29 is 9.13 Å². The lowest BCUT2D eigenvalue weighted by molar-refractivity contribution is 0.415. The van der Waals surface area contributed by atoms with Crippen LogP contribution >= 0.6 is 0 Å². The van der Waals surface area contributed by atoms with Gasteiger partial charge >= 0.3 is 0 Å². The Kier molecular flexibility index (Phi) is 2.40. The molecule has 0 aliphatic rings. The molecule has 0 unspecified atom stereocenters. The van der Waals surface area contributed by atoms with Crippen LogP contribution in [0.2, 0.25) is 0 Å². The van der Waals surface area contributed by atoms with Crippen LogP contribution in [-0.2, 0) is 0 Å². The SMILES string of the molecule is COc1ccc(F)cc1-c1c(N)[nH][nH]c1=O. The fraction of sp³-hybridized carbons (Fsp3) is 0.100. The summed E-state index contributed by atoms with van der Waals surface area (Å²) in [6.45, 7) is 0. The number of aromatic amines is 2. The fourth-order valence-corrected chi connectivity index (χ4v) is 1.51. The molecule has 0 fully saturated rings. The number of aromatic nitrogens is 2. The second-order valence-corrected chi connectivity index (χ2v) is 3.21. The Balaban J connectivity index is 2.72. The molecule has 16 heavy (non-hydrogen) atoms. The maximum Gasteiger partial charge on any atom is 0.274 e. The van der Waals surface area contributed by atoms with Crippen LogP contribution in [0.1, 0.15) is 0 Å². The molecule has 0 atom stereocenters. The van der Waals surface area contributed by atoms with Crippen LogP contribution in [0.25, 0.3) is 11.1 Å². The summed E-state index contributed by atoms with van der Waals surface area (Å²) in [4.78, 5) is 11.5. The minimum absolute atomic E-state index is 0.147. The standard InChI is InChI=1S/C10H10FN3O2/c1-16-7-3-2-5(11)4-6(7)8-9(12)13-14-10(8)15/h2-4H,1H3,(H4,12,13,14,15). The number of halogens is 1. The molecule has 2 aromatic rings. The molecule has 0 saturated heterocycles. The van der Waals surface area contributed by atoms with E-state index in [0.29, 0.717) is 11.3 Å². The topological polar surface area (TPSA) is 83.9 Å². The van der Waals surface area contributed by atoms with Crippen LogP contribution in [-0.4, -0.2) is 17.3 Å². The highest BCUT2D eigenvalue weighted by Crippen LogP contribution is 2.30. The van der Waals surface area contributed by atoms with Gasteiger partial charge in [-0.2, -0.15) is 0 Å². The first kappa shape index (κ1) is 10.3. The summed E-state index contributed by atoms with van der Waals surface area (Å²) >= 11 is 0. The smallest absolute Gasteiger partial charge is 0.274 e. The molecule has 1 aromatic carbocycles. The summed E-state index contributed by atoms with van der Waals surface area (Å²) in [7, 11) is 1.44. The molecule has 0 aliphatic carbocycles. The molecule has 1 heterocycles. The second kappa shape index (κ2) is 3.73. The van der Waals surface area contributed by atoms with E-state index in [9.17, 15) is 9.18 Å². The van der Waals surface area contributed by atoms with E-state index in [-0.39, 0.29) is 11.4 Å². The lowest BCUT2D eigenvalue weighted by Crippen LogP contribution is -2.04. The highest BCUT2D eigenvalue weighted by atomic mass is 19.1. The molecule has 0 radical (unpaired) electrons. The maximum atomic E-state index is 13.1. The summed E-state index contributed by atoms with van der Waals surface area (Å²) in [5, 5.41) is 4.79. The minimum Gasteiger partial charge on any atom is -0.496 e. The van der Waals surface area contributed by atoms with E-state index >= 15 is 0 Å². The Morgan fingerprint density at radius 3 is 2.69 bits per heavy atom. The van der Waals surface area contributed by atoms with Crippen molar-refractivity contribution in [3.63, 3.8) is 0 Å². The van der Waals surface area contributed by atoms with Crippen molar-refractivity contribution in [2.45, 2.75) is 0 Å². The molecule has 0 amide bonds. The van der Waals surface area contributed by atoms with E-state index in [1.807, 2.05) is 0 Å². The van der Waals surface area contributed by atoms with E-state index in [4.69, 9.17) is 10.5 Å². The van der Waals surface area contributed by atoms with Gasteiger partial charge in [0.05, 0.1) is 12.7 Å². The highest BCUT2D eigenvalue weighted by Gasteiger charge is 2.15. The number of nitrogen functional groups attached to an aromatic ring is 1. The van der Waals surface area contributed by atoms with Gasteiger partial charge in [0, 0.05) is 5.56 Å². The Morgan fingerprint density at radius 1 is 1.38 bits per heavy atom. The van der Waals surface area contributed by atoms with Crippen molar-refractivity contribution in [2.24, 2.45) is 0 Å². The molecule has 0 bridgehead atoms. The van der Waals surface area contributed by atoms with Crippen molar-refractivity contribution in [3.8, 4) is 16.9 Å². The Morgan fingerprint density at radius 2 is 2.12 bits per heavy atom. The van der Waals surface area contributed by atoms with Crippen molar-refractivity contribution in [3.05, 3.63) is 34.4 Å². The van der Waals surface area contributed by atoms with E-state index in [0.717, 1.165) is 0 Å². The van der Waals surface area contributed by atoms with Crippen LogP contribution in [0.3, 0.4) is 0 Å². The van der Waals surface area contributed by atoms with Crippen molar-refractivity contribution in [1.29, 1.82) is 0 Å². The van der Waals surface area contributed by atoms with Crippen LogP contribution < -0.4 is 16.0 Å². The fourth-order valence-electron chi connectivity index (χ4n) is 1.51. The number of rotatable bonds is 2. The number of anilines is 1. The third-order valence-electron chi connectivity index (χ3n) is 2.24. The van der Waals surface area contributed by atoms with Gasteiger partial charge in [0.1, 0.15) is 17.4 Å². The van der Waals surface area contributed by atoms with Gasteiger partial charge in [-0.25, -0.2) is 4.39 Å². The molecule has 0 aliphatic heterocycles. The number of nitrogens with two attached hydrogens (primary N) is 1.